The highest BCUT2D eigenvalue weighted by atomic mass is 32.5. The normalized spacial score (nSPS) is 10.8. The summed E-state index contributed by atoms with van der Waals surface area (Å²) in [5.41, 5.74) is 4.81. The van der Waals surface area contributed by atoms with Crippen molar-refractivity contribution in [2.75, 3.05) is 0 Å². The average molecular weight is 1360 g/mol. The summed E-state index contributed by atoms with van der Waals surface area (Å²) in [4.78, 5) is 169. The third kappa shape index (κ3) is 18.4. The Morgan fingerprint density at radius 2 is 0.505 bits per heavy atom. The fraction of sp³-hybridized carbons (Fsp3) is 0.0571. The number of aromatic nitrogens is 3. The van der Waals surface area contributed by atoms with Crippen LogP contribution in [0.2, 0.25) is 0 Å². The van der Waals surface area contributed by atoms with Crippen LogP contribution >= 0.6 is 6.72 Å². The lowest BCUT2D eigenvalue weighted by Crippen LogP contribution is -2.52. The number of hydrogen-bond donors (Lipinski definition) is 0. The maximum absolute atomic E-state index is 13.8. The zero-order valence-corrected chi connectivity index (χ0v) is 53.2. The van der Waals surface area contributed by atoms with Gasteiger partial charge in [-0.3, -0.25) is 0 Å². The van der Waals surface area contributed by atoms with E-state index in [0.717, 1.165) is 30.4 Å². The first-order chi connectivity index (χ1) is 48.0. The van der Waals surface area contributed by atoms with E-state index in [2.05, 4.69) is 44.9 Å². The van der Waals surface area contributed by atoms with Crippen molar-refractivity contribution in [3.63, 3.8) is 0 Å². The number of isocyanates is 9. The SMILES string of the molecule is Cc1ccc(-n2c(=O)n(-c3ccc(C)c(N=C=O)c3)c(=O)n(-c3ccc(C)c(N=C=O)c3)c2=O)cc1N=C=O.O=C=Nc1ccc(C(c2ccc(N=C=O)cc2)c2ccc(N=C=O)cc2)cc1.O=C=Nc1ccc(OP(=S)(Oc2ccc(N=C=O)cc2)Oc2ccc(N=C=O)cc2)cc1. The van der Waals surface area contributed by atoms with Crippen LogP contribution in [-0.2, 0) is 55.0 Å². The molecule has 9 aromatic carbocycles. The molecule has 10 rings (SSSR count). The summed E-state index contributed by atoms with van der Waals surface area (Å²) in [5, 5.41) is 0. The first-order valence-electron chi connectivity index (χ1n) is 28.3. The molecule has 0 saturated heterocycles. The van der Waals surface area contributed by atoms with Gasteiger partial charge >= 0.3 is 23.8 Å². The second-order valence-electron chi connectivity index (χ2n) is 20.0. The monoisotopic (exact) mass is 1350 g/mol. The Balaban J connectivity index is 0.000000192. The summed E-state index contributed by atoms with van der Waals surface area (Å²) in [7, 11) is 0. The molecule has 1 aromatic heterocycles. The summed E-state index contributed by atoms with van der Waals surface area (Å²) in [5.74, 6) is 0.838. The van der Waals surface area contributed by atoms with Crippen molar-refractivity contribution < 1.29 is 56.7 Å². The van der Waals surface area contributed by atoms with E-state index in [1.165, 1.54) is 91.1 Å². The van der Waals surface area contributed by atoms with Crippen LogP contribution in [-0.4, -0.2) is 68.4 Å². The molecule has 0 N–H and O–H groups in total. The molecular weight excluding hydrogens is 1310 g/mol. The van der Waals surface area contributed by atoms with Gasteiger partial charge in [-0.25, -0.2) is 71.2 Å². The predicted octanol–water partition coefficient (Wildman–Crippen LogP) is 13.1. The van der Waals surface area contributed by atoms with Crippen LogP contribution in [0.5, 0.6) is 17.2 Å². The number of hydrogen-bond acceptors (Lipinski definition) is 25. The summed E-state index contributed by atoms with van der Waals surface area (Å²) in [6, 6.07) is 53.3. The number of rotatable bonds is 21. The van der Waals surface area contributed by atoms with Crippen LogP contribution in [0.1, 0.15) is 39.3 Å². The Hall–Kier alpha value is -14.1. The Morgan fingerprint density at radius 3 is 0.707 bits per heavy atom. The molecule has 29 heteroatoms. The number of nitrogens with zero attached hydrogens (tertiary/aromatic N) is 12. The van der Waals surface area contributed by atoms with Gasteiger partial charge in [0.1, 0.15) is 17.2 Å². The standard InChI is InChI=1S/C27H18N6O6.C22H13N3O3.C21H12N3O6PS/c1-16-4-7-19(10-22(16)28-13-34)31-25(37)32(20-8-5-17(2)23(11-20)29-14-35)27(39)33(26(31)38)21-9-6-18(3)24(12-21)30-15-36;26-13-23-19-7-1-16(2-8-19)22(17-3-9-20(10-4-17)24-14-27)18-5-11-21(12-6-18)25-15-28;25-13-22-16-1-7-19(8-2-16)28-31(32,29-20-9-3-17(4-10-20)23-14-26)30-21-11-5-18(6-12-21)24-15-27/h4-12H,1-3H3;1-12,22H;1-12H. The quantitative estimate of drug-likeness (QED) is 0.0279. The molecule has 99 heavy (non-hydrogen) atoms. The molecule has 0 unspecified atom stereocenters. The van der Waals surface area contributed by atoms with Crippen molar-refractivity contribution in [1.82, 2.24) is 13.7 Å². The lowest BCUT2D eigenvalue weighted by atomic mass is 9.85. The highest BCUT2D eigenvalue weighted by Crippen LogP contribution is 2.51. The van der Waals surface area contributed by atoms with Gasteiger partial charge in [-0.2, -0.15) is 44.9 Å². The Bertz CT molecular complexity index is 4850. The lowest BCUT2D eigenvalue weighted by molar-refractivity contribution is 0.384. The van der Waals surface area contributed by atoms with Gasteiger partial charge in [0, 0.05) is 17.7 Å². The minimum absolute atomic E-state index is 0.0172. The highest BCUT2D eigenvalue weighted by molar-refractivity contribution is 8.08. The first kappa shape index (κ1) is 70.7. The van der Waals surface area contributed by atoms with Crippen molar-refractivity contribution in [3.05, 3.63) is 265 Å². The maximum Gasteiger partial charge on any atom is 0.490 e. The van der Waals surface area contributed by atoms with Crippen LogP contribution in [0, 0.1) is 20.8 Å². The van der Waals surface area contributed by atoms with E-state index in [1.807, 2.05) is 36.4 Å². The van der Waals surface area contributed by atoms with Crippen molar-refractivity contribution in [1.29, 1.82) is 0 Å². The van der Waals surface area contributed by atoms with Gasteiger partial charge in [-0.1, -0.05) is 54.6 Å². The van der Waals surface area contributed by atoms with Gasteiger partial charge in [0.15, 0.2) is 0 Å². The zero-order chi connectivity index (χ0) is 70.8. The highest BCUT2D eigenvalue weighted by Gasteiger charge is 2.28. The molecule has 0 amide bonds. The molecule has 10 aromatic rings. The van der Waals surface area contributed by atoms with E-state index >= 15 is 0 Å². The van der Waals surface area contributed by atoms with E-state index in [1.54, 1.807) is 148 Å². The summed E-state index contributed by atoms with van der Waals surface area (Å²) >= 11 is 5.59. The van der Waals surface area contributed by atoms with Crippen LogP contribution in [0.3, 0.4) is 0 Å². The molecule has 0 aliphatic rings. The van der Waals surface area contributed by atoms with Crippen molar-refractivity contribution in [2.45, 2.75) is 26.7 Å². The summed E-state index contributed by atoms with van der Waals surface area (Å²) in [6.07, 6.45) is 13.2. The van der Waals surface area contributed by atoms with E-state index in [4.69, 9.17) is 25.4 Å². The second kappa shape index (κ2) is 34.1. The molecular formula is C70H43N12O15PS. The Kier molecular flexibility index (Phi) is 24.4. The molecule has 27 nitrogen and oxygen atoms in total. The van der Waals surface area contributed by atoms with E-state index in [9.17, 15) is 57.5 Å². The molecule has 0 spiro atoms. The molecule has 0 atom stereocenters. The molecule has 0 radical (unpaired) electrons. The van der Waals surface area contributed by atoms with Crippen molar-refractivity contribution >= 4 is 124 Å². The van der Waals surface area contributed by atoms with Gasteiger partial charge < -0.3 is 13.6 Å². The fourth-order valence-electron chi connectivity index (χ4n) is 9.23. The first-order valence-corrected chi connectivity index (χ1v) is 30.9. The summed E-state index contributed by atoms with van der Waals surface area (Å²) in [6.45, 7) is 1.55. The maximum atomic E-state index is 13.8. The van der Waals surface area contributed by atoms with Crippen LogP contribution in [0.4, 0.5) is 51.2 Å². The number of aryl methyl sites for hydroxylation is 3. The molecule has 0 aliphatic heterocycles. The second-order valence-corrected chi connectivity index (χ2v) is 22.8. The molecule has 0 fully saturated rings. The fourth-order valence-corrected chi connectivity index (χ4v) is 11.3. The van der Waals surface area contributed by atoms with Crippen LogP contribution in [0.15, 0.2) is 260 Å². The molecule has 1 heterocycles. The number of aliphatic imine (C=N–C) groups is 9. The number of carbonyl (C=O) groups excluding carboxylic acids is 9. The van der Waals surface area contributed by atoms with Gasteiger partial charge in [0.05, 0.1) is 68.2 Å². The van der Waals surface area contributed by atoms with Crippen LogP contribution < -0.4 is 30.6 Å². The van der Waals surface area contributed by atoms with Gasteiger partial charge in [-0.05, 0) is 200 Å². The smallest absolute Gasteiger partial charge is 0.407 e. The molecule has 0 saturated carbocycles. The third-order valence-corrected chi connectivity index (χ3v) is 15.9. The van der Waals surface area contributed by atoms with Crippen molar-refractivity contribution in [3.8, 4) is 34.3 Å². The van der Waals surface area contributed by atoms with Gasteiger partial charge in [-0.15, -0.1) is 0 Å². The molecule has 0 bridgehead atoms. The van der Waals surface area contributed by atoms with E-state index < -0.39 is 23.8 Å². The number of benzene rings is 9. The average Bonchev–Trinajstić information content (AvgIpc) is 0.749. The molecule has 484 valence electrons. The van der Waals surface area contributed by atoms with E-state index in [0.29, 0.717) is 68.1 Å². The Morgan fingerprint density at radius 1 is 0.303 bits per heavy atom. The van der Waals surface area contributed by atoms with Gasteiger partial charge in [0.25, 0.3) is 0 Å². The summed E-state index contributed by atoms with van der Waals surface area (Å²) < 4.78 is 19.8. The largest absolute Gasteiger partial charge is 0.490 e. The minimum atomic E-state index is -3.47. The topological polar surface area (TPSA) is 359 Å². The minimum Gasteiger partial charge on any atom is -0.407 e. The third-order valence-electron chi connectivity index (χ3n) is 13.9. The Labute approximate surface area is 563 Å². The molecule has 0 aliphatic carbocycles. The van der Waals surface area contributed by atoms with E-state index in [-0.39, 0.29) is 40.0 Å². The lowest BCUT2D eigenvalue weighted by Gasteiger charge is -2.23. The predicted molar refractivity (Wildman–Crippen MR) is 363 cm³/mol. The zero-order valence-electron chi connectivity index (χ0n) is 51.5. The van der Waals surface area contributed by atoms with Crippen LogP contribution in [0.25, 0.3) is 17.1 Å². The van der Waals surface area contributed by atoms with Crippen molar-refractivity contribution in [2.24, 2.45) is 44.9 Å². The van der Waals surface area contributed by atoms with Gasteiger partial charge in [0.2, 0.25) is 54.7 Å².